The Labute approximate surface area is 159 Å². The number of anilines is 1. The summed E-state index contributed by atoms with van der Waals surface area (Å²) in [5.41, 5.74) is 0.0111. The number of nitrogens with zero attached hydrogens (tertiary/aromatic N) is 1. The van der Waals surface area contributed by atoms with E-state index >= 15 is 0 Å². The number of benzene rings is 1. The third-order valence-electron chi connectivity index (χ3n) is 4.20. The number of halogens is 2. The SMILES string of the molecule is O=C(NCC(c1cccs1)N1CCOCC1)C(=O)Nc1ccc(F)c(F)c1. The molecule has 27 heavy (non-hydrogen) atoms. The molecule has 2 heterocycles. The summed E-state index contributed by atoms with van der Waals surface area (Å²) >= 11 is 1.58. The van der Waals surface area contributed by atoms with Crippen LogP contribution in [0.5, 0.6) is 0 Å². The fourth-order valence-electron chi connectivity index (χ4n) is 2.81. The molecule has 1 saturated heterocycles. The van der Waals surface area contributed by atoms with Crippen LogP contribution >= 0.6 is 11.3 Å². The van der Waals surface area contributed by atoms with Crippen molar-refractivity contribution in [2.45, 2.75) is 6.04 Å². The molecule has 2 amide bonds. The average Bonchev–Trinajstić information content (AvgIpc) is 3.20. The van der Waals surface area contributed by atoms with Crippen LogP contribution in [0.4, 0.5) is 14.5 Å². The first-order valence-electron chi connectivity index (χ1n) is 8.44. The Morgan fingerprint density at radius 2 is 1.93 bits per heavy atom. The molecule has 1 aliphatic heterocycles. The number of ether oxygens (including phenoxy) is 1. The average molecular weight is 395 g/mol. The van der Waals surface area contributed by atoms with Crippen LogP contribution in [0.25, 0.3) is 0 Å². The number of morpholine rings is 1. The largest absolute Gasteiger partial charge is 0.379 e. The number of amides is 2. The first-order chi connectivity index (χ1) is 13.0. The summed E-state index contributed by atoms with van der Waals surface area (Å²) in [4.78, 5) is 27.4. The standard InChI is InChI=1S/C18H19F2N3O3S/c19-13-4-3-12(10-14(13)20)22-18(25)17(24)21-11-15(16-2-1-9-27-16)23-5-7-26-8-6-23/h1-4,9-10,15H,5-8,11H2,(H,21,24)(H,22,25). The molecule has 9 heteroatoms. The van der Waals surface area contributed by atoms with Gasteiger partial charge in [-0.2, -0.15) is 0 Å². The molecule has 144 valence electrons. The van der Waals surface area contributed by atoms with Crippen LogP contribution in [0.2, 0.25) is 0 Å². The van der Waals surface area contributed by atoms with Crippen molar-refractivity contribution in [3.8, 4) is 0 Å². The predicted molar refractivity (Wildman–Crippen MR) is 97.4 cm³/mol. The van der Waals surface area contributed by atoms with Crippen LogP contribution < -0.4 is 10.6 Å². The summed E-state index contributed by atoms with van der Waals surface area (Å²) in [5.74, 6) is -3.90. The number of thiophene rings is 1. The highest BCUT2D eigenvalue weighted by Crippen LogP contribution is 2.25. The van der Waals surface area contributed by atoms with Crippen molar-refractivity contribution in [2.24, 2.45) is 0 Å². The lowest BCUT2D eigenvalue weighted by Crippen LogP contribution is -2.45. The Morgan fingerprint density at radius 1 is 1.15 bits per heavy atom. The maximum atomic E-state index is 13.2. The van der Waals surface area contributed by atoms with E-state index < -0.39 is 23.4 Å². The summed E-state index contributed by atoms with van der Waals surface area (Å²) in [7, 11) is 0. The third-order valence-corrected chi connectivity index (χ3v) is 5.17. The third kappa shape index (κ3) is 5.09. The molecule has 3 rings (SSSR count). The topological polar surface area (TPSA) is 70.7 Å². The minimum absolute atomic E-state index is 0.0111. The van der Waals surface area contributed by atoms with Gasteiger partial charge >= 0.3 is 11.8 Å². The highest BCUT2D eigenvalue weighted by molar-refractivity contribution is 7.10. The van der Waals surface area contributed by atoms with Crippen molar-refractivity contribution in [1.82, 2.24) is 10.2 Å². The van der Waals surface area contributed by atoms with Gasteiger partial charge in [-0.15, -0.1) is 11.3 Å². The van der Waals surface area contributed by atoms with E-state index in [1.807, 2.05) is 17.5 Å². The van der Waals surface area contributed by atoms with Crippen LogP contribution in [0.1, 0.15) is 10.9 Å². The molecular formula is C18H19F2N3O3S. The molecule has 1 atom stereocenters. The van der Waals surface area contributed by atoms with Gasteiger partial charge in [-0.25, -0.2) is 8.78 Å². The van der Waals surface area contributed by atoms with Gasteiger partial charge in [0.15, 0.2) is 11.6 Å². The highest BCUT2D eigenvalue weighted by atomic mass is 32.1. The van der Waals surface area contributed by atoms with Gasteiger partial charge in [-0.05, 0) is 23.6 Å². The second-order valence-corrected chi connectivity index (χ2v) is 6.95. The second kappa shape index (κ2) is 9.03. The number of hydrogen-bond acceptors (Lipinski definition) is 5. The fraction of sp³-hybridized carbons (Fsp3) is 0.333. The molecule has 0 saturated carbocycles. The minimum atomic E-state index is -1.10. The van der Waals surface area contributed by atoms with E-state index in [2.05, 4.69) is 15.5 Å². The maximum Gasteiger partial charge on any atom is 0.313 e. The van der Waals surface area contributed by atoms with Crippen molar-refractivity contribution in [2.75, 3.05) is 38.2 Å². The molecule has 0 spiro atoms. The number of carbonyl (C=O) groups excluding carboxylic acids is 2. The summed E-state index contributed by atoms with van der Waals surface area (Å²) < 4.78 is 31.5. The molecule has 1 aromatic heterocycles. The van der Waals surface area contributed by atoms with Crippen molar-refractivity contribution < 1.29 is 23.1 Å². The Morgan fingerprint density at radius 3 is 2.59 bits per heavy atom. The minimum Gasteiger partial charge on any atom is -0.379 e. The smallest absolute Gasteiger partial charge is 0.313 e. The molecule has 0 aliphatic carbocycles. The zero-order valence-electron chi connectivity index (χ0n) is 14.4. The van der Waals surface area contributed by atoms with E-state index in [1.165, 1.54) is 6.07 Å². The monoisotopic (exact) mass is 395 g/mol. The fourth-order valence-corrected chi connectivity index (χ4v) is 3.67. The Bertz CT molecular complexity index is 795. The van der Waals surface area contributed by atoms with Gasteiger partial charge in [0.25, 0.3) is 0 Å². The summed E-state index contributed by atoms with van der Waals surface area (Å²) in [6.45, 7) is 2.96. The van der Waals surface area contributed by atoms with Crippen LogP contribution in [0.15, 0.2) is 35.7 Å². The van der Waals surface area contributed by atoms with Gasteiger partial charge in [-0.1, -0.05) is 6.07 Å². The molecular weight excluding hydrogens is 376 g/mol. The van der Waals surface area contributed by atoms with Crippen LogP contribution in [0.3, 0.4) is 0 Å². The lowest BCUT2D eigenvalue weighted by Gasteiger charge is -2.34. The van der Waals surface area contributed by atoms with Gasteiger partial charge < -0.3 is 15.4 Å². The lowest BCUT2D eigenvalue weighted by molar-refractivity contribution is -0.136. The number of rotatable bonds is 5. The number of nitrogens with one attached hydrogen (secondary N) is 2. The molecule has 0 bridgehead atoms. The molecule has 1 fully saturated rings. The maximum absolute atomic E-state index is 13.2. The van der Waals surface area contributed by atoms with Gasteiger partial charge in [0.05, 0.1) is 19.3 Å². The Hall–Kier alpha value is -2.36. The molecule has 6 nitrogen and oxygen atoms in total. The van der Waals surface area contributed by atoms with Gasteiger partial charge in [0, 0.05) is 36.3 Å². The Balaban J connectivity index is 1.59. The predicted octanol–water partition coefficient (Wildman–Crippen LogP) is 2.15. The van der Waals surface area contributed by atoms with Gasteiger partial charge in [-0.3, -0.25) is 14.5 Å². The molecule has 0 radical (unpaired) electrons. The normalized spacial score (nSPS) is 15.9. The molecule has 2 aromatic rings. The molecule has 1 aromatic carbocycles. The zero-order valence-corrected chi connectivity index (χ0v) is 15.2. The lowest BCUT2D eigenvalue weighted by atomic mass is 10.2. The first kappa shape index (κ1) is 19.4. The van der Waals surface area contributed by atoms with E-state index in [4.69, 9.17) is 4.74 Å². The van der Waals surface area contributed by atoms with E-state index in [0.29, 0.717) is 13.2 Å². The van der Waals surface area contributed by atoms with Crippen molar-refractivity contribution in [3.05, 3.63) is 52.2 Å². The van der Waals surface area contributed by atoms with Gasteiger partial charge in [0.1, 0.15) is 0 Å². The van der Waals surface area contributed by atoms with Crippen LogP contribution in [0, 0.1) is 11.6 Å². The molecule has 1 unspecified atom stereocenters. The number of carbonyl (C=O) groups is 2. The summed E-state index contributed by atoms with van der Waals surface area (Å²) in [6.07, 6.45) is 0. The first-order valence-corrected chi connectivity index (χ1v) is 9.32. The highest BCUT2D eigenvalue weighted by Gasteiger charge is 2.25. The van der Waals surface area contributed by atoms with Gasteiger partial charge in [0.2, 0.25) is 0 Å². The van der Waals surface area contributed by atoms with E-state index in [1.54, 1.807) is 11.3 Å². The summed E-state index contributed by atoms with van der Waals surface area (Å²) in [6, 6.07) is 6.75. The molecule has 1 aliphatic rings. The Kier molecular flexibility index (Phi) is 6.49. The van der Waals surface area contributed by atoms with Crippen molar-refractivity contribution >= 4 is 28.8 Å². The number of hydrogen-bond donors (Lipinski definition) is 2. The summed E-state index contributed by atoms with van der Waals surface area (Å²) in [5, 5.41) is 6.84. The van der Waals surface area contributed by atoms with Crippen LogP contribution in [-0.4, -0.2) is 49.6 Å². The zero-order chi connectivity index (χ0) is 19.2. The van der Waals surface area contributed by atoms with Crippen LogP contribution in [-0.2, 0) is 14.3 Å². The molecule has 2 N–H and O–H groups in total. The quantitative estimate of drug-likeness (QED) is 0.762. The second-order valence-electron chi connectivity index (χ2n) is 5.97. The van der Waals surface area contributed by atoms with E-state index in [9.17, 15) is 18.4 Å². The van der Waals surface area contributed by atoms with Crippen molar-refractivity contribution in [3.63, 3.8) is 0 Å². The van der Waals surface area contributed by atoms with E-state index in [-0.39, 0.29) is 18.3 Å². The van der Waals surface area contributed by atoms with Crippen molar-refractivity contribution in [1.29, 1.82) is 0 Å². The van der Waals surface area contributed by atoms with E-state index in [0.717, 1.165) is 30.1 Å².